The summed E-state index contributed by atoms with van der Waals surface area (Å²) < 4.78 is 0. The van der Waals surface area contributed by atoms with Crippen LogP contribution >= 0.6 is 11.6 Å². The smallest absolute Gasteiger partial charge is 0.140 e. The number of aliphatic hydroxyl groups is 2. The van der Waals surface area contributed by atoms with E-state index in [2.05, 4.69) is 9.97 Å². The molecule has 90 valence electrons. The first-order valence-corrected chi connectivity index (χ1v) is 5.26. The van der Waals surface area contributed by atoms with Gasteiger partial charge in [0.05, 0.1) is 24.3 Å². The van der Waals surface area contributed by atoms with E-state index in [0.717, 1.165) is 0 Å². The van der Waals surface area contributed by atoms with Crippen molar-refractivity contribution in [1.82, 2.24) is 9.97 Å². The summed E-state index contributed by atoms with van der Waals surface area (Å²) in [4.78, 5) is 9.66. The molecule has 6 heteroatoms. The molecule has 0 amide bonds. The minimum absolute atomic E-state index is 0.0318. The number of likely N-dealkylation sites (N-methyl/N-ethyl adjacent to an activating group) is 1. The van der Waals surface area contributed by atoms with Crippen molar-refractivity contribution in [2.24, 2.45) is 0 Å². The summed E-state index contributed by atoms with van der Waals surface area (Å²) in [5, 5.41) is 18.7. The SMILES string of the molecule is CN(c1ncnc(Cl)c1CO)C(C)(C)CO. The van der Waals surface area contributed by atoms with E-state index in [1.807, 2.05) is 13.8 Å². The molecule has 0 spiro atoms. The summed E-state index contributed by atoms with van der Waals surface area (Å²) in [6.45, 7) is 3.46. The average molecular weight is 246 g/mol. The van der Waals surface area contributed by atoms with Gasteiger partial charge in [-0.2, -0.15) is 0 Å². The zero-order valence-corrected chi connectivity index (χ0v) is 10.4. The monoisotopic (exact) mass is 245 g/mol. The molecule has 0 unspecified atom stereocenters. The van der Waals surface area contributed by atoms with E-state index in [0.29, 0.717) is 11.4 Å². The Morgan fingerprint density at radius 1 is 1.38 bits per heavy atom. The van der Waals surface area contributed by atoms with Gasteiger partial charge in [-0.1, -0.05) is 11.6 Å². The van der Waals surface area contributed by atoms with E-state index < -0.39 is 5.54 Å². The molecule has 16 heavy (non-hydrogen) atoms. The Morgan fingerprint density at radius 2 is 2.00 bits per heavy atom. The first kappa shape index (κ1) is 13.2. The minimum Gasteiger partial charge on any atom is -0.394 e. The van der Waals surface area contributed by atoms with E-state index in [1.54, 1.807) is 11.9 Å². The van der Waals surface area contributed by atoms with Crippen molar-refractivity contribution in [2.45, 2.75) is 26.0 Å². The normalized spacial score (nSPS) is 11.6. The molecule has 0 bridgehead atoms. The molecule has 0 saturated heterocycles. The predicted octanol–water partition coefficient (Wildman–Crippen LogP) is 0.829. The van der Waals surface area contributed by atoms with Gasteiger partial charge in [0, 0.05) is 7.05 Å². The maximum Gasteiger partial charge on any atom is 0.140 e. The Bertz CT molecular complexity index is 371. The quantitative estimate of drug-likeness (QED) is 0.769. The van der Waals surface area contributed by atoms with Crippen LogP contribution < -0.4 is 4.90 Å². The van der Waals surface area contributed by atoms with Gasteiger partial charge in [0.15, 0.2) is 0 Å². The van der Waals surface area contributed by atoms with Crippen LogP contribution in [0.15, 0.2) is 6.33 Å². The van der Waals surface area contributed by atoms with E-state index in [9.17, 15) is 10.2 Å². The molecule has 0 aliphatic heterocycles. The molecule has 0 atom stereocenters. The molecule has 1 heterocycles. The lowest BCUT2D eigenvalue weighted by Crippen LogP contribution is -2.45. The van der Waals surface area contributed by atoms with E-state index in [-0.39, 0.29) is 18.4 Å². The summed E-state index contributed by atoms with van der Waals surface area (Å²) >= 11 is 5.87. The molecule has 0 saturated carbocycles. The molecule has 0 aliphatic rings. The number of aliphatic hydroxyl groups excluding tert-OH is 2. The largest absolute Gasteiger partial charge is 0.394 e. The van der Waals surface area contributed by atoms with Crippen LogP contribution in [0, 0.1) is 0 Å². The van der Waals surface area contributed by atoms with Crippen LogP contribution in [0.1, 0.15) is 19.4 Å². The van der Waals surface area contributed by atoms with Crippen LogP contribution in [-0.2, 0) is 6.61 Å². The van der Waals surface area contributed by atoms with Crippen LogP contribution in [0.25, 0.3) is 0 Å². The summed E-state index contributed by atoms with van der Waals surface area (Å²) in [6.07, 6.45) is 1.33. The van der Waals surface area contributed by atoms with Gasteiger partial charge in [0.2, 0.25) is 0 Å². The lowest BCUT2D eigenvalue weighted by molar-refractivity contribution is 0.214. The maximum absolute atomic E-state index is 9.28. The lowest BCUT2D eigenvalue weighted by Gasteiger charge is -2.35. The zero-order valence-electron chi connectivity index (χ0n) is 9.61. The molecule has 2 N–H and O–H groups in total. The molecule has 1 rings (SSSR count). The third-order valence-electron chi connectivity index (χ3n) is 2.64. The Morgan fingerprint density at radius 3 is 2.50 bits per heavy atom. The molecule has 0 radical (unpaired) electrons. The highest BCUT2D eigenvalue weighted by Crippen LogP contribution is 2.27. The second kappa shape index (κ2) is 4.95. The molecule has 1 aromatic rings. The Labute approximate surface area is 99.7 Å². The third-order valence-corrected chi connectivity index (χ3v) is 2.97. The van der Waals surface area contributed by atoms with E-state index in [1.165, 1.54) is 6.33 Å². The molecule has 1 aromatic heterocycles. The van der Waals surface area contributed by atoms with Crippen LogP contribution in [0.2, 0.25) is 5.15 Å². The summed E-state index contributed by atoms with van der Waals surface area (Å²) in [5.41, 5.74) is -0.0186. The predicted molar refractivity (Wildman–Crippen MR) is 62.5 cm³/mol. The van der Waals surface area contributed by atoms with Crippen LogP contribution in [-0.4, -0.2) is 39.4 Å². The van der Waals surface area contributed by atoms with Crippen LogP contribution in [0.3, 0.4) is 0 Å². The highest BCUT2D eigenvalue weighted by Gasteiger charge is 2.26. The molecule has 0 aromatic carbocycles. The number of aromatic nitrogens is 2. The Balaban J connectivity index is 3.18. The average Bonchev–Trinajstić information content (AvgIpc) is 2.27. The van der Waals surface area contributed by atoms with Crippen LogP contribution in [0.4, 0.5) is 5.82 Å². The van der Waals surface area contributed by atoms with Crippen molar-refractivity contribution < 1.29 is 10.2 Å². The van der Waals surface area contributed by atoms with Gasteiger partial charge in [-0.25, -0.2) is 9.97 Å². The van der Waals surface area contributed by atoms with Gasteiger partial charge in [0.1, 0.15) is 17.3 Å². The summed E-state index contributed by atoms with van der Waals surface area (Å²) in [6, 6.07) is 0. The van der Waals surface area contributed by atoms with Gasteiger partial charge in [-0.3, -0.25) is 0 Å². The second-order valence-electron chi connectivity index (χ2n) is 4.15. The molecular weight excluding hydrogens is 230 g/mol. The number of anilines is 1. The van der Waals surface area contributed by atoms with Gasteiger partial charge >= 0.3 is 0 Å². The Kier molecular flexibility index (Phi) is 4.07. The fourth-order valence-electron chi connectivity index (χ4n) is 1.20. The summed E-state index contributed by atoms with van der Waals surface area (Å²) in [7, 11) is 1.79. The first-order valence-electron chi connectivity index (χ1n) is 4.89. The van der Waals surface area contributed by atoms with Crippen molar-refractivity contribution in [1.29, 1.82) is 0 Å². The first-order chi connectivity index (χ1) is 7.44. The third kappa shape index (κ3) is 2.42. The Hall–Kier alpha value is -0.910. The highest BCUT2D eigenvalue weighted by molar-refractivity contribution is 6.30. The number of halogens is 1. The van der Waals surface area contributed by atoms with Crippen molar-refractivity contribution in [3.05, 3.63) is 17.0 Å². The van der Waals surface area contributed by atoms with Crippen molar-refractivity contribution >= 4 is 17.4 Å². The fourth-order valence-corrected chi connectivity index (χ4v) is 1.39. The van der Waals surface area contributed by atoms with E-state index >= 15 is 0 Å². The minimum atomic E-state index is -0.485. The molecule has 0 fully saturated rings. The highest BCUT2D eigenvalue weighted by atomic mass is 35.5. The maximum atomic E-state index is 9.28. The van der Waals surface area contributed by atoms with Gasteiger partial charge in [-0.15, -0.1) is 0 Å². The number of hydrogen-bond acceptors (Lipinski definition) is 5. The zero-order chi connectivity index (χ0) is 12.3. The summed E-state index contributed by atoms with van der Waals surface area (Å²) in [5.74, 6) is 0.529. The second-order valence-corrected chi connectivity index (χ2v) is 4.51. The number of nitrogens with zero attached hydrogens (tertiary/aromatic N) is 3. The number of rotatable bonds is 4. The van der Waals surface area contributed by atoms with Crippen LogP contribution in [0.5, 0.6) is 0 Å². The topological polar surface area (TPSA) is 69.5 Å². The lowest BCUT2D eigenvalue weighted by atomic mass is 10.0. The fraction of sp³-hybridized carbons (Fsp3) is 0.600. The van der Waals surface area contributed by atoms with Gasteiger partial charge < -0.3 is 15.1 Å². The molecule has 0 aliphatic carbocycles. The van der Waals surface area contributed by atoms with E-state index in [4.69, 9.17) is 11.6 Å². The van der Waals surface area contributed by atoms with Gasteiger partial charge in [0.25, 0.3) is 0 Å². The number of hydrogen-bond donors (Lipinski definition) is 2. The molecule has 5 nitrogen and oxygen atoms in total. The standard InChI is InChI=1S/C10H16ClN3O2/c1-10(2,5-16)14(3)9-7(4-15)8(11)12-6-13-9/h6,15-16H,4-5H2,1-3H3. The molecular formula is C10H16ClN3O2. The van der Waals surface area contributed by atoms with Crippen molar-refractivity contribution in [3.63, 3.8) is 0 Å². The van der Waals surface area contributed by atoms with Crippen molar-refractivity contribution in [2.75, 3.05) is 18.6 Å². The van der Waals surface area contributed by atoms with Crippen molar-refractivity contribution in [3.8, 4) is 0 Å². The van der Waals surface area contributed by atoms with Gasteiger partial charge in [-0.05, 0) is 13.8 Å².